The van der Waals surface area contributed by atoms with Crippen molar-refractivity contribution in [3.63, 3.8) is 0 Å². The quantitative estimate of drug-likeness (QED) is 0.178. The zero-order valence-corrected chi connectivity index (χ0v) is 28.8. The third-order valence-corrected chi connectivity index (χ3v) is 10.1. The first-order chi connectivity index (χ1) is 22.0. The Kier molecular flexibility index (Phi) is 10.7. The maximum Gasteiger partial charge on any atom is 0.315 e. The van der Waals surface area contributed by atoms with Gasteiger partial charge in [-0.15, -0.1) is 6.58 Å². The number of nitrogens with zero attached hydrogens (tertiary/aromatic N) is 2. The second-order valence-electron chi connectivity index (χ2n) is 15.5. The van der Waals surface area contributed by atoms with Gasteiger partial charge in [-0.05, 0) is 47.0 Å². The number of carbonyl (C=O) groups is 5. The molecule has 1 saturated heterocycles. The predicted molar refractivity (Wildman–Crippen MR) is 178 cm³/mol. The third-order valence-electron chi connectivity index (χ3n) is 10.1. The minimum Gasteiger partial charge on any atom is -0.346 e. The van der Waals surface area contributed by atoms with E-state index in [2.05, 4.69) is 41.7 Å². The van der Waals surface area contributed by atoms with Gasteiger partial charge in [-0.1, -0.05) is 73.5 Å². The number of amides is 5. The Hall–Kier alpha value is -3.96. The summed E-state index contributed by atoms with van der Waals surface area (Å²) in [4.78, 5) is 81.3. The van der Waals surface area contributed by atoms with Crippen molar-refractivity contribution < 1.29 is 24.0 Å². The minimum atomic E-state index is -0.995. The second kappa shape index (κ2) is 14.0. The second-order valence-corrected chi connectivity index (χ2v) is 15.5. The van der Waals surface area contributed by atoms with Crippen LogP contribution in [0, 0.1) is 34.5 Å². The Morgan fingerprint density at radius 2 is 1.74 bits per heavy atom. The minimum absolute atomic E-state index is 0.0113. The Labute approximate surface area is 277 Å². The molecule has 0 bridgehead atoms. The van der Waals surface area contributed by atoms with Crippen LogP contribution in [0.25, 0.3) is 0 Å². The van der Waals surface area contributed by atoms with Crippen LogP contribution in [0.2, 0.25) is 0 Å². The maximum atomic E-state index is 14.3. The van der Waals surface area contributed by atoms with Crippen LogP contribution >= 0.6 is 0 Å². The number of carbonyl (C=O) groups excluding carboxylic acids is 5. The molecule has 47 heavy (non-hydrogen) atoms. The van der Waals surface area contributed by atoms with E-state index in [1.165, 1.54) is 16.7 Å². The summed E-state index contributed by atoms with van der Waals surface area (Å²) >= 11 is 0. The highest BCUT2D eigenvalue weighted by molar-refractivity contribution is 6.38. The van der Waals surface area contributed by atoms with Gasteiger partial charge in [0.05, 0.1) is 12.1 Å². The lowest BCUT2D eigenvalue weighted by Crippen LogP contribution is -2.62. The molecule has 3 aliphatic rings. The number of aromatic nitrogens is 1. The molecule has 1 aliphatic heterocycles. The lowest BCUT2D eigenvalue weighted by atomic mass is 9.85. The number of hydrogen-bond donors (Lipinski definition) is 4. The third kappa shape index (κ3) is 8.31. The van der Waals surface area contributed by atoms with Crippen LogP contribution in [0.4, 0.5) is 4.79 Å². The van der Waals surface area contributed by atoms with Crippen LogP contribution in [0.1, 0.15) is 67.7 Å². The number of rotatable bonds is 14. The Balaban J connectivity index is 1.52. The highest BCUT2D eigenvalue weighted by atomic mass is 16.2. The molecular weight excluding hydrogens is 600 g/mol. The average molecular weight is 653 g/mol. The molecule has 2 heterocycles. The van der Waals surface area contributed by atoms with Crippen molar-refractivity contribution in [3.05, 3.63) is 47.4 Å². The fraction of sp³-hybridized carbons (Fsp3) is 0.657. The zero-order valence-electron chi connectivity index (χ0n) is 28.8. The number of hydrogen-bond acceptors (Lipinski definition) is 6. The number of fused-ring (bicyclic) bond motifs is 1. The van der Waals surface area contributed by atoms with Gasteiger partial charge in [0.2, 0.25) is 17.6 Å². The molecule has 5 amide bonds. The van der Waals surface area contributed by atoms with E-state index in [-0.39, 0.29) is 53.6 Å². The summed E-state index contributed by atoms with van der Waals surface area (Å²) in [5.41, 5.74) is -1.07. The summed E-state index contributed by atoms with van der Waals surface area (Å²) < 4.78 is 1.53. The number of nitrogens with one attached hydrogen (secondary N) is 4. The molecule has 12 nitrogen and oxygen atoms in total. The molecule has 12 heteroatoms. The van der Waals surface area contributed by atoms with Gasteiger partial charge in [-0.25, -0.2) is 4.79 Å². The number of ketones is 1. The van der Waals surface area contributed by atoms with Crippen LogP contribution < -0.4 is 26.8 Å². The van der Waals surface area contributed by atoms with Crippen molar-refractivity contribution in [1.29, 1.82) is 0 Å². The van der Waals surface area contributed by atoms with Gasteiger partial charge in [0.1, 0.15) is 12.1 Å². The summed E-state index contributed by atoms with van der Waals surface area (Å²) in [6.07, 6.45) is 5.37. The van der Waals surface area contributed by atoms with Gasteiger partial charge in [0.25, 0.3) is 11.5 Å². The van der Waals surface area contributed by atoms with Crippen molar-refractivity contribution in [2.24, 2.45) is 34.5 Å². The highest BCUT2D eigenvalue weighted by Crippen LogP contribution is 2.65. The van der Waals surface area contributed by atoms with Crippen molar-refractivity contribution in [1.82, 2.24) is 30.7 Å². The largest absolute Gasteiger partial charge is 0.346 e. The molecule has 6 atom stereocenters. The molecule has 2 unspecified atom stereocenters. The first kappa shape index (κ1) is 35.9. The van der Waals surface area contributed by atoms with Crippen LogP contribution in [-0.2, 0) is 25.7 Å². The van der Waals surface area contributed by atoms with E-state index in [1.807, 2.05) is 34.6 Å². The zero-order chi connectivity index (χ0) is 34.8. The van der Waals surface area contributed by atoms with Gasteiger partial charge < -0.3 is 30.7 Å². The number of Topliss-reactive ketones (excluding diaryl/α,β-unsaturated/α-hetero) is 1. The van der Waals surface area contributed by atoms with E-state index in [0.29, 0.717) is 13.0 Å². The maximum absolute atomic E-state index is 14.3. The summed E-state index contributed by atoms with van der Waals surface area (Å²) in [5.74, 6) is -2.13. The molecule has 0 spiro atoms. The van der Waals surface area contributed by atoms with E-state index in [4.69, 9.17) is 0 Å². The molecule has 258 valence electrons. The molecule has 2 aliphatic carbocycles. The average Bonchev–Trinajstić information content (AvgIpc) is 3.85. The molecular formula is C35H52N6O6. The van der Waals surface area contributed by atoms with Crippen LogP contribution in [0.15, 0.2) is 41.8 Å². The number of piperidine rings is 1. The molecule has 3 fully saturated rings. The first-order valence-electron chi connectivity index (χ1n) is 16.7. The Morgan fingerprint density at radius 1 is 1.06 bits per heavy atom. The molecule has 1 aromatic heterocycles. The Bertz CT molecular complexity index is 1440. The van der Waals surface area contributed by atoms with E-state index in [9.17, 15) is 28.8 Å². The number of urea groups is 1. The molecule has 0 radical (unpaired) electrons. The van der Waals surface area contributed by atoms with E-state index < -0.39 is 53.2 Å². The van der Waals surface area contributed by atoms with Crippen molar-refractivity contribution in [2.45, 2.75) is 98.4 Å². The fourth-order valence-electron chi connectivity index (χ4n) is 6.80. The van der Waals surface area contributed by atoms with Gasteiger partial charge >= 0.3 is 6.03 Å². The van der Waals surface area contributed by atoms with E-state index in [1.54, 1.807) is 23.2 Å². The van der Waals surface area contributed by atoms with Crippen molar-refractivity contribution in [2.75, 3.05) is 13.1 Å². The van der Waals surface area contributed by atoms with Crippen LogP contribution in [0.5, 0.6) is 0 Å². The monoisotopic (exact) mass is 652 g/mol. The van der Waals surface area contributed by atoms with Gasteiger partial charge in [0.15, 0.2) is 0 Å². The van der Waals surface area contributed by atoms with Crippen molar-refractivity contribution >= 4 is 29.5 Å². The fourth-order valence-corrected chi connectivity index (χ4v) is 6.80. The highest BCUT2D eigenvalue weighted by Gasteiger charge is 2.70. The number of pyridine rings is 1. The topological polar surface area (TPSA) is 159 Å². The lowest BCUT2D eigenvalue weighted by molar-refractivity contribution is -0.145. The SMILES string of the molecule is C=CCNC(=O)C(=O)C(CC1CC1)NC(=O)C1[C@@H]2[C@H](CN1C(=O)[C@@H](NC(=O)N[C@H](Cn1ccccc1=O)C(C)C)C(C)(C)C)C2(C)C. The summed E-state index contributed by atoms with van der Waals surface area (Å²) in [5, 5.41) is 11.2. The molecule has 2 saturated carbocycles. The summed E-state index contributed by atoms with van der Waals surface area (Å²) in [6, 6.07) is 1.11. The lowest BCUT2D eigenvalue weighted by Gasteiger charge is -2.38. The smallest absolute Gasteiger partial charge is 0.315 e. The molecule has 0 aromatic carbocycles. The standard InChI is InChI=1S/C35H52N6O6/c1-9-15-36-31(45)28(43)23(17-21-13-14-21)37-30(44)27-26-22(35(26,7)8)18-41(27)32(46)29(34(4,5)6)39-33(47)38-24(20(2)3)19-40-16-11-10-12-25(40)42/h9-12,16,20-24,26-27,29H,1,13-15,17-19H2,2-8H3,(H,36,45)(H,37,44)(H2,38,39,47)/t22-,23?,24+,26-,27?,29+/m0/s1. The van der Waals surface area contributed by atoms with Gasteiger partial charge in [0, 0.05) is 31.9 Å². The van der Waals surface area contributed by atoms with E-state index in [0.717, 1.165) is 12.8 Å². The van der Waals surface area contributed by atoms with Gasteiger partial charge in [-0.3, -0.25) is 24.0 Å². The summed E-state index contributed by atoms with van der Waals surface area (Å²) in [7, 11) is 0. The van der Waals surface area contributed by atoms with Crippen LogP contribution in [0.3, 0.4) is 0 Å². The number of likely N-dealkylation sites (tertiary alicyclic amines) is 1. The predicted octanol–water partition coefficient (Wildman–Crippen LogP) is 2.23. The van der Waals surface area contributed by atoms with Gasteiger partial charge in [-0.2, -0.15) is 0 Å². The molecule has 1 aromatic rings. The van der Waals surface area contributed by atoms with Crippen molar-refractivity contribution in [3.8, 4) is 0 Å². The van der Waals surface area contributed by atoms with Crippen LogP contribution in [-0.4, -0.2) is 76.3 Å². The summed E-state index contributed by atoms with van der Waals surface area (Å²) in [6.45, 7) is 17.9. The first-order valence-corrected chi connectivity index (χ1v) is 16.7. The molecule has 4 rings (SSSR count). The molecule has 4 N–H and O–H groups in total. The normalized spacial score (nSPS) is 23.1. The van der Waals surface area contributed by atoms with E-state index >= 15 is 0 Å². The Morgan fingerprint density at radius 3 is 2.32 bits per heavy atom.